The minimum Gasteiger partial charge on any atom is -0.494 e. The summed E-state index contributed by atoms with van der Waals surface area (Å²) in [4.78, 5) is 39.1. The third kappa shape index (κ3) is 6.36. The SMILES string of the molecule is C=CC(=O)N1CC=C[C@@H]1OC(=O)Nc1cc2c(Nc3ccc(OCc4ccccn4)c(Cl)c3)ncnc2cc1OC. The molecule has 11 nitrogen and oxygen atoms in total. The first-order valence-corrected chi connectivity index (χ1v) is 12.8. The Balaban J connectivity index is 1.34. The van der Waals surface area contributed by atoms with E-state index in [1.165, 1.54) is 18.3 Å². The van der Waals surface area contributed by atoms with Crippen molar-refractivity contribution in [1.29, 1.82) is 0 Å². The number of aromatic nitrogens is 3. The monoisotopic (exact) mass is 572 g/mol. The van der Waals surface area contributed by atoms with Crippen LogP contribution in [0, 0.1) is 0 Å². The van der Waals surface area contributed by atoms with Crippen LogP contribution in [0.4, 0.5) is 22.0 Å². The molecule has 1 aliphatic rings. The van der Waals surface area contributed by atoms with E-state index in [1.807, 2.05) is 18.2 Å². The lowest BCUT2D eigenvalue weighted by Crippen LogP contribution is -2.38. The molecule has 5 rings (SSSR count). The van der Waals surface area contributed by atoms with Gasteiger partial charge in [-0.1, -0.05) is 30.3 Å². The molecule has 2 aromatic carbocycles. The minimum atomic E-state index is -0.854. The third-order valence-electron chi connectivity index (χ3n) is 6.09. The summed E-state index contributed by atoms with van der Waals surface area (Å²) in [6.45, 7) is 4.08. The van der Waals surface area contributed by atoms with E-state index in [4.69, 9.17) is 25.8 Å². The van der Waals surface area contributed by atoms with Crippen molar-refractivity contribution in [2.45, 2.75) is 12.8 Å². The Morgan fingerprint density at radius 2 is 2.02 bits per heavy atom. The largest absolute Gasteiger partial charge is 0.494 e. The molecule has 2 amide bonds. The van der Waals surface area contributed by atoms with Crippen molar-refractivity contribution >= 4 is 51.7 Å². The van der Waals surface area contributed by atoms with Gasteiger partial charge in [-0.2, -0.15) is 0 Å². The van der Waals surface area contributed by atoms with E-state index in [-0.39, 0.29) is 12.5 Å². The molecule has 208 valence electrons. The van der Waals surface area contributed by atoms with Crippen molar-refractivity contribution < 1.29 is 23.8 Å². The highest BCUT2D eigenvalue weighted by Crippen LogP contribution is 2.35. The molecule has 3 heterocycles. The van der Waals surface area contributed by atoms with Gasteiger partial charge in [0.1, 0.15) is 30.3 Å². The van der Waals surface area contributed by atoms with Crippen LogP contribution in [-0.4, -0.2) is 51.7 Å². The zero-order chi connectivity index (χ0) is 28.8. The van der Waals surface area contributed by atoms with E-state index in [0.717, 1.165) is 11.8 Å². The Bertz CT molecular complexity index is 1630. The molecule has 0 fully saturated rings. The molecule has 1 atom stereocenters. The van der Waals surface area contributed by atoms with Crippen LogP contribution in [0.1, 0.15) is 5.69 Å². The standard InChI is InChI=1S/C29H25ClN6O5/c1-3-26(37)36-12-6-8-27(36)41-29(38)35-23-14-20-22(15-25(23)39-2)32-17-33-28(20)34-18-9-10-24(21(30)13-18)40-16-19-7-4-5-11-31-19/h3-11,13-15,17,27H,1,12,16H2,2H3,(H,35,38)(H,32,33,34)/t27-/m0/s1. The van der Waals surface area contributed by atoms with Crippen molar-refractivity contribution in [1.82, 2.24) is 19.9 Å². The molecule has 0 bridgehead atoms. The number of nitrogens with zero attached hydrogens (tertiary/aromatic N) is 4. The molecule has 0 radical (unpaired) electrons. The molecule has 2 aromatic heterocycles. The molecule has 0 spiro atoms. The van der Waals surface area contributed by atoms with Crippen molar-refractivity contribution in [2.24, 2.45) is 0 Å². The molecule has 0 saturated heterocycles. The van der Waals surface area contributed by atoms with Crippen LogP contribution in [0.5, 0.6) is 11.5 Å². The van der Waals surface area contributed by atoms with Crippen LogP contribution in [0.25, 0.3) is 10.9 Å². The maximum atomic E-state index is 12.8. The summed E-state index contributed by atoms with van der Waals surface area (Å²) in [5.41, 5.74) is 2.33. The first-order valence-electron chi connectivity index (χ1n) is 12.4. The summed E-state index contributed by atoms with van der Waals surface area (Å²) in [5.74, 6) is 0.985. The van der Waals surface area contributed by atoms with Crippen LogP contribution in [-0.2, 0) is 16.1 Å². The summed E-state index contributed by atoms with van der Waals surface area (Å²) < 4.78 is 16.7. The fourth-order valence-corrected chi connectivity index (χ4v) is 4.34. The average molecular weight is 573 g/mol. The summed E-state index contributed by atoms with van der Waals surface area (Å²) in [7, 11) is 1.47. The molecule has 2 N–H and O–H groups in total. The van der Waals surface area contributed by atoms with Crippen LogP contribution in [0.3, 0.4) is 0 Å². The summed E-state index contributed by atoms with van der Waals surface area (Å²) in [6, 6.07) is 14.2. The Kier molecular flexibility index (Phi) is 8.26. The van der Waals surface area contributed by atoms with Gasteiger partial charge in [0.25, 0.3) is 0 Å². The number of nitrogens with one attached hydrogen (secondary N) is 2. The molecule has 4 aromatic rings. The third-order valence-corrected chi connectivity index (χ3v) is 6.38. The summed E-state index contributed by atoms with van der Waals surface area (Å²) in [6.07, 6.45) is 6.00. The predicted octanol–water partition coefficient (Wildman–Crippen LogP) is 5.47. The maximum absolute atomic E-state index is 12.8. The lowest BCUT2D eigenvalue weighted by atomic mass is 10.2. The lowest BCUT2D eigenvalue weighted by molar-refractivity contribution is -0.131. The first kappa shape index (κ1) is 27.4. The highest BCUT2D eigenvalue weighted by molar-refractivity contribution is 6.32. The number of hydrogen-bond acceptors (Lipinski definition) is 9. The van der Waals surface area contributed by atoms with Gasteiger partial charge in [-0.15, -0.1) is 0 Å². The number of fused-ring (bicyclic) bond motifs is 1. The molecule has 0 unspecified atom stereocenters. The number of benzene rings is 2. The highest BCUT2D eigenvalue weighted by Gasteiger charge is 2.26. The molecule has 1 aliphatic heterocycles. The van der Waals surface area contributed by atoms with Gasteiger partial charge in [-0.05, 0) is 48.6 Å². The van der Waals surface area contributed by atoms with Crippen molar-refractivity contribution in [3.63, 3.8) is 0 Å². The smallest absolute Gasteiger partial charge is 0.413 e. The zero-order valence-corrected chi connectivity index (χ0v) is 22.7. The van der Waals surface area contributed by atoms with E-state index < -0.39 is 12.3 Å². The Morgan fingerprint density at radius 1 is 1.15 bits per heavy atom. The molecule has 41 heavy (non-hydrogen) atoms. The second-order valence-electron chi connectivity index (χ2n) is 8.72. The highest BCUT2D eigenvalue weighted by atomic mass is 35.5. The number of halogens is 1. The number of carbonyl (C=O) groups excluding carboxylic acids is 2. The van der Waals surface area contributed by atoms with Crippen LogP contribution >= 0.6 is 11.6 Å². The Morgan fingerprint density at radius 3 is 2.78 bits per heavy atom. The predicted molar refractivity (Wildman–Crippen MR) is 154 cm³/mol. The quantitative estimate of drug-likeness (QED) is 0.198. The number of pyridine rings is 1. The van der Waals surface area contributed by atoms with E-state index in [0.29, 0.717) is 51.2 Å². The molecular formula is C29H25ClN6O5. The second-order valence-corrected chi connectivity index (χ2v) is 9.12. The topological polar surface area (TPSA) is 128 Å². The summed E-state index contributed by atoms with van der Waals surface area (Å²) >= 11 is 6.48. The van der Waals surface area contributed by atoms with Gasteiger partial charge in [0.15, 0.2) is 6.23 Å². The van der Waals surface area contributed by atoms with E-state index in [1.54, 1.807) is 48.7 Å². The van der Waals surface area contributed by atoms with Crippen molar-refractivity contribution in [3.8, 4) is 11.5 Å². The molecule has 0 aliphatic carbocycles. The van der Waals surface area contributed by atoms with Gasteiger partial charge in [0, 0.05) is 29.9 Å². The van der Waals surface area contributed by atoms with Crippen molar-refractivity contribution in [3.05, 3.63) is 96.6 Å². The average Bonchev–Trinajstić information content (AvgIpc) is 3.44. The van der Waals surface area contributed by atoms with Gasteiger partial charge in [0.05, 0.1) is 29.0 Å². The fraction of sp³-hybridized carbons (Fsp3) is 0.138. The van der Waals surface area contributed by atoms with E-state index in [9.17, 15) is 9.59 Å². The minimum absolute atomic E-state index is 0.281. The number of amides is 2. The maximum Gasteiger partial charge on any atom is 0.413 e. The lowest BCUT2D eigenvalue weighted by Gasteiger charge is -2.23. The van der Waals surface area contributed by atoms with E-state index in [2.05, 4.69) is 32.2 Å². The van der Waals surface area contributed by atoms with Gasteiger partial charge >= 0.3 is 6.09 Å². The van der Waals surface area contributed by atoms with Gasteiger partial charge in [-0.25, -0.2) is 14.8 Å². The first-order chi connectivity index (χ1) is 19.9. The molecule has 0 saturated carbocycles. The molecule has 12 heteroatoms. The van der Waals surface area contributed by atoms with Crippen LogP contribution < -0.4 is 20.1 Å². The number of methoxy groups -OCH3 is 1. The number of carbonyl (C=O) groups is 2. The number of hydrogen-bond donors (Lipinski definition) is 2. The number of rotatable bonds is 9. The van der Waals surface area contributed by atoms with Crippen LogP contribution in [0.2, 0.25) is 5.02 Å². The Hall–Kier alpha value is -5.16. The van der Waals surface area contributed by atoms with E-state index >= 15 is 0 Å². The second kappa shape index (κ2) is 12.3. The zero-order valence-electron chi connectivity index (χ0n) is 21.9. The number of anilines is 3. The molecular weight excluding hydrogens is 548 g/mol. The fourth-order valence-electron chi connectivity index (χ4n) is 4.10. The van der Waals surface area contributed by atoms with Gasteiger partial charge in [-0.3, -0.25) is 20.0 Å². The number of ether oxygens (including phenoxy) is 3. The normalized spacial score (nSPS) is 14.0. The van der Waals surface area contributed by atoms with Crippen molar-refractivity contribution in [2.75, 3.05) is 24.3 Å². The van der Waals surface area contributed by atoms with Crippen LogP contribution in [0.15, 0.2) is 85.9 Å². The van der Waals surface area contributed by atoms with Gasteiger partial charge < -0.3 is 19.5 Å². The Labute approximate surface area is 240 Å². The van der Waals surface area contributed by atoms with Gasteiger partial charge in [0.2, 0.25) is 5.91 Å². The summed E-state index contributed by atoms with van der Waals surface area (Å²) in [5, 5.41) is 6.92.